The highest BCUT2D eigenvalue weighted by Gasteiger charge is 1.97. The Balaban J connectivity index is -0.000000356. The monoisotopic (exact) mass is 405 g/mol. The van der Waals surface area contributed by atoms with Gasteiger partial charge in [-0.1, -0.05) is 45.8 Å². The van der Waals surface area contributed by atoms with Crippen LogP contribution in [0.15, 0.2) is 25.3 Å². The van der Waals surface area contributed by atoms with Gasteiger partial charge in [0.2, 0.25) is 11.1 Å². The zero-order valence-electron chi connectivity index (χ0n) is 16.0. The number of carbonyl (C=O) groups excluding carboxylic acids is 2. The van der Waals surface area contributed by atoms with Gasteiger partial charge in [-0.15, -0.1) is 0 Å². The third kappa shape index (κ3) is 40.1. The Bertz CT molecular complexity index is 451. The molecule has 0 radical (unpaired) electrons. The van der Waals surface area contributed by atoms with Crippen molar-refractivity contribution in [3.63, 3.8) is 0 Å². The fourth-order valence-electron chi connectivity index (χ4n) is 1.56. The molecule has 8 heteroatoms. The molecule has 0 aromatic heterocycles. The molecule has 0 aliphatic carbocycles. The van der Waals surface area contributed by atoms with Crippen LogP contribution >= 0.6 is 11.6 Å². The van der Waals surface area contributed by atoms with Crippen molar-refractivity contribution >= 4 is 34.7 Å². The molecule has 0 unspecified atom stereocenters. The Morgan fingerprint density at radius 2 is 1.30 bits per heavy atom. The number of allylic oxidation sites excluding steroid dienone is 1. The Hall–Kier alpha value is -2.15. The number of aliphatic carboxylic acids is 2. The van der Waals surface area contributed by atoms with E-state index in [1.54, 1.807) is 0 Å². The van der Waals surface area contributed by atoms with Gasteiger partial charge in [0, 0.05) is 19.4 Å². The maximum Gasteiger partial charge on any atom is 0.303 e. The first kappa shape index (κ1) is 29.6. The second kappa shape index (κ2) is 23.9. The quantitative estimate of drug-likeness (QED) is 0.242. The molecule has 0 rings (SSSR count). The van der Waals surface area contributed by atoms with E-state index in [9.17, 15) is 19.2 Å². The first-order valence-corrected chi connectivity index (χ1v) is 9.24. The van der Waals surface area contributed by atoms with Crippen LogP contribution in [0.4, 0.5) is 0 Å². The minimum absolute atomic E-state index is 0.182. The zero-order chi connectivity index (χ0) is 21.5. The molecule has 0 fully saturated rings. The molecule has 156 valence electrons. The molecular formula is C19H32ClNO6. The van der Waals surface area contributed by atoms with Crippen molar-refractivity contribution in [3.05, 3.63) is 25.3 Å². The van der Waals surface area contributed by atoms with Crippen LogP contribution in [-0.4, -0.2) is 39.8 Å². The third-order valence-electron chi connectivity index (χ3n) is 2.96. The van der Waals surface area contributed by atoms with E-state index in [0.29, 0.717) is 19.4 Å². The molecule has 3 N–H and O–H groups in total. The van der Waals surface area contributed by atoms with Crippen LogP contribution in [-0.2, 0) is 19.2 Å². The zero-order valence-corrected chi connectivity index (χ0v) is 16.8. The molecule has 0 aliphatic heterocycles. The summed E-state index contributed by atoms with van der Waals surface area (Å²) in [7, 11) is 0. The van der Waals surface area contributed by atoms with Gasteiger partial charge in [-0.05, 0) is 43.0 Å². The lowest BCUT2D eigenvalue weighted by atomic mass is 10.2. The van der Waals surface area contributed by atoms with Crippen molar-refractivity contribution in [3.8, 4) is 0 Å². The fraction of sp³-hybridized carbons (Fsp3) is 0.579. The number of halogens is 1. The van der Waals surface area contributed by atoms with E-state index in [1.165, 1.54) is 12.5 Å². The largest absolute Gasteiger partial charge is 0.481 e. The first-order valence-electron chi connectivity index (χ1n) is 8.86. The number of carboxylic acids is 2. The molecule has 0 saturated carbocycles. The highest BCUT2D eigenvalue weighted by Crippen LogP contribution is 2.01. The fourth-order valence-corrected chi connectivity index (χ4v) is 1.56. The van der Waals surface area contributed by atoms with Gasteiger partial charge in [0.05, 0.1) is 0 Å². The van der Waals surface area contributed by atoms with Crippen molar-refractivity contribution in [2.24, 2.45) is 0 Å². The summed E-state index contributed by atoms with van der Waals surface area (Å²) in [5.41, 5.74) is 0. The maximum absolute atomic E-state index is 10.6. The summed E-state index contributed by atoms with van der Waals surface area (Å²) in [6.45, 7) is 9.09. The van der Waals surface area contributed by atoms with Gasteiger partial charge in [0.1, 0.15) is 0 Å². The van der Waals surface area contributed by atoms with Crippen molar-refractivity contribution < 1.29 is 29.4 Å². The van der Waals surface area contributed by atoms with Gasteiger partial charge in [-0.3, -0.25) is 19.2 Å². The molecule has 7 nitrogen and oxygen atoms in total. The molecule has 27 heavy (non-hydrogen) atoms. The average Bonchev–Trinajstić information content (AvgIpc) is 2.62. The van der Waals surface area contributed by atoms with Crippen LogP contribution < -0.4 is 5.32 Å². The summed E-state index contributed by atoms with van der Waals surface area (Å²) in [6.07, 6.45) is 9.32. The second-order valence-corrected chi connectivity index (χ2v) is 5.78. The smallest absolute Gasteiger partial charge is 0.303 e. The van der Waals surface area contributed by atoms with E-state index >= 15 is 0 Å². The number of carboxylic acid groups (broad SMARTS) is 2. The molecule has 0 bridgehead atoms. The molecular weight excluding hydrogens is 374 g/mol. The van der Waals surface area contributed by atoms with Crippen molar-refractivity contribution in [1.29, 1.82) is 0 Å². The molecule has 0 atom stereocenters. The van der Waals surface area contributed by atoms with Crippen LogP contribution in [0.5, 0.6) is 0 Å². The highest BCUT2D eigenvalue weighted by molar-refractivity contribution is 6.66. The lowest BCUT2D eigenvalue weighted by Crippen LogP contribution is -2.21. The summed E-state index contributed by atoms with van der Waals surface area (Å²) < 4.78 is 0. The average molecular weight is 406 g/mol. The van der Waals surface area contributed by atoms with Gasteiger partial charge in [0.25, 0.3) is 0 Å². The molecule has 0 saturated heterocycles. The van der Waals surface area contributed by atoms with E-state index in [-0.39, 0.29) is 12.3 Å². The Labute approximate surface area is 166 Å². The number of amides is 1. The van der Waals surface area contributed by atoms with Gasteiger partial charge >= 0.3 is 11.9 Å². The van der Waals surface area contributed by atoms with E-state index in [2.05, 4.69) is 25.4 Å². The lowest BCUT2D eigenvalue weighted by Gasteiger charge is -2.00. The summed E-state index contributed by atoms with van der Waals surface area (Å²) in [6, 6.07) is 0. The summed E-state index contributed by atoms with van der Waals surface area (Å²) >= 11 is 4.71. The van der Waals surface area contributed by atoms with Gasteiger partial charge in [-0.2, -0.15) is 0 Å². The molecule has 0 heterocycles. The van der Waals surface area contributed by atoms with Crippen molar-refractivity contribution in [2.75, 3.05) is 6.54 Å². The van der Waals surface area contributed by atoms with E-state index in [1.807, 2.05) is 0 Å². The minimum atomic E-state index is -0.768. The van der Waals surface area contributed by atoms with Crippen molar-refractivity contribution in [2.45, 2.75) is 64.7 Å². The number of carbonyl (C=O) groups is 4. The number of hydrogen-bond donors (Lipinski definition) is 3. The van der Waals surface area contributed by atoms with Crippen LogP contribution in [0.1, 0.15) is 64.7 Å². The summed E-state index contributed by atoms with van der Waals surface area (Å²) in [5.74, 6) is -1.63. The molecule has 0 spiro atoms. The Morgan fingerprint density at radius 3 is 1.63 bits per heavy atom. The van der Waals surface area contributed by atoms with E-state index < -0.39 is 17.2 Å². The van der Waals surface area contributed by atoms with Crippen molar-refractivity contribution in [1.82, 2.24) is 5.32 Å². The molecule has 1 amide bonds. The van der Waals surface area contributed by atoms with E-state index in [0.717, 1.165) is 38.2 Å². The SMILES string of the molecule is C=CC(=O)Cl.C=CC(=O)NCCCCCC(=O)O.CCCCCCC(=O)O. The summed E-state index contributed by atoms with van der Waals surface area (Å²) in [5, 5.41) is 18.6. The number of unbranched alkanes of at least 4 members (excludes halogenated alkanes) is 5. The summed E-state index contributed by atoms with van der Waals surface area (Å²) in [4.78, 5) is 40.2. The molecule has 0 aromatic carbocycles. The Morgan fingerprint density at radius 1 is 0.852 bits per heavy atom. The predicted octanol–water partition coefficient (Wildman–Crippen LogP) is 3.91. The molecule has 0 aliphatic rings. The standard InChI is InChI=1S/C9H15NO3.C7H14O2.C3H3ClO/c1-2-8(11)10-7-5-3-4-6-9(12)13;1-2-3-4-5-6-7(8)9;1-2-3(4)5/h2H,1,3-7H2,(H,10,11)(H,12,13);2-6H2,1H3,(H,8,9);2H,1H2. The van der Waals surface area contributed by atoms with Crippen LogP contribution in [0.25, 0.3) is 0 Å². The highest BCUT2D eigenvalue weighted by atomic mass is 35.5. The van der Waals surface area contributed by atoms with Gasteiger partial charge < -0.3 is 15.5 Å². The number of hydrogen-bond acceptors (Lipinski definition) is 4. The van der Waals surface area contributed by atoms with Crippen LogP contribution in [0.3, 0.4) is 0 Å². The topological polar surface area (TPSA) is 121 Å². The van der Waals surface area contributed by atoms with Gasteiger partial charge in [-0.25, -0.2) is 0 Å². The number of nitrogens with one attached hydrogen (secondary N) is 1. The van der Waals surface area contributed by atoms with Gasteiger partial charge in [0.15, 0.2) is 0 Å². The minimum Gasteiger partial charge on any atom is -0.481 e. The predicted molar refractivity (Wildman–Crippen MR) is 107 cm³/mol. The maximum atomic E-state index is 10.6. The first-order chi connectivity index (χ1) is 12.7. The van der Waals surface area contributed by atoms with E-state index in [4.69, 9.17) is 21.8 Å². The molecule has 0 aromatic rings. The lowest BCUT2D eigenvalue weighted by molar-refractivity contribution is -0.138. The van der Waals surface area contributed by atoms with Crippen LogP contribution in [0.2, 0.25) is 0 Å². The van der Waals surface area contributed by atoms with Crippen LogP contribution in [0, 0.1) is 0 Å². The second-order valence-electron chi connectivity index (χ2n) is 5.41. The Kier molecular flexibility index (Phi) is 26.2. The normalized spacial score (nSPS) is 8.81. The number of rotatable bonds is 13. The third-order valence-corrected chi connectivity index (χ3v) is 3.11.